The number of rotatable bonds is 7. The molecule has 5 nitrogen and oxygen atoms in total. The van der Waals surface area contributed by atoms with E-state index in [2.05, 4.69) is 0 Å². The van der Waals surface area contributed by atoms with Gasteiger partial charge in [-0.2, -0.15) is 0 Å². The predicted molar refractivity (Wildman–Crippen MR) is 67.2 cm³/mol. The highest BCUT2D eigenvalue weighted by Crippen LogP contribution is 2.20. The van der Waals surface area contributed by atoms with Crippen LogP contribution in [0.5, 0.6) is 0 Å². The summed E-state index contributed by atoms with van der Waals surface area (Å²) >= 11 is 0. The van der Waals surface area contributed by atoms with Crippen LogP contribution in [-0.2, 0) is 16.1 Å². The van der Waals surface area contributed by atoms with Crippen molar-refractivity contribution >= 4 is 5.97 Å². The topological polar surface area (TPSA) is 70.0 Å². The molecule has 2 N–H and O–H groups in total. The number of aliphatic hydroxyl groups excluding tert-OH is 1. The fourth-order valence-corrected chi connectivity index (χ4v) is 1.76. The van der Waals surface area contributed by atoms with Gasteiger partial charge < -0.3 is 14.9 Å². The summed E-state index contributed by atoms with van der Waals surface area (Å²) in [7, 11) is 3.33. The molecule has 0 amide bonds. The third-order valence-electron chi connectivity index (χ3n) is 2.80. The molecule has 0 aliphatic carbocycles. The molecule has 0 spiro atoms. The molecule has 0 unspecified atom stereocenters. The molecule has 0 aromatic heterocycles. The summed E-state index contributed by atoms with van der Waals surface area (Å²) in [6, 6.07) is 6.22. The Morgan fingerprint density at radius 2 is 2.00 bits per heavy atom. The van der Waals surface area contributed by atoms with Crippen molar-refractivity contribution in [1.82, 2.24) is 4.90 Å². The SMILES string of the molecule is COCCN(C)[C@H](C(=O)O)c1ccc(CO)cc1. The number of benzene rings is 1. The number of aliphatic carboxylic acids is 1. The van der Waals surface area contributed by atoms with Crippen LogP contribution in [0.3, 0.4) is 0 Å². The highest BCUT2D eigenvalue weighted by molar-refractivity contribution is 5.75. The van der Waals surface area contributed by atoms with Crippen molar-refractivity contribution < 1.29 is 19.7 Å². The first-order valence-electron chi connectivity index (χ1n) is 5.71. The minimum Gasteiger partial charge on any atom is -0.480 e. The number of nitrogens with zero attached hydrogens (tertiary/aromatic N) is 1. The maximum atomic E-state index is 11.3. The number of aliphatic hydroxyl groups is 1. The van der Waals surface area contributed by atoms with Gasteiger partial charge in [0.05, 0.1) is 13.2 Å². The van der Waals surface area contributed by atoms with E-state index in [0.717, 1.165) is 5.56 Å². The van der Waals surface area contributed by atoms with Crippen LogP contribution in [-0.4, -0.2) is 48.4 Å². The number of hydrogen-bond donors (Lipinski definition) is 2. The van der Waals surface area contributed by atoms with Gasteiger partial charge in [-0.05, 0) is 18.2 Å². The third-order valence-corrected chi connectivity index (χ3v) is 2.80. The number of hydrogen-bond acceptors (Lipinski definition) is 4. The lowest BCUT2D eigenvalue weighted by molar-refractivity contribution is -0.143. The number of carbonyl (C=O) groups is 1. The average molecular weight is 253 g/mol. The Morgan fingerprint density at radius 3 is 2.44 bits per heavy atom. The Kier molecular flexibility index (Phi) is 5.77. The molecular formula is C13H19NO4. The first-order chi connectivity index (χ1) is 8.60. The summed E-state index contributed by atoms with van der Waals surface area (Å²) in [6.45, 7) is 0.974. The van der Waals surface area contributed by atoms with Gasteiger partial charge in [0.15, 0.2) is 0 Å². The molecular weight excluding hydrogens is 234 g/mol. The molecule has 0 aliphatic heterocycles. The van der Waals surface area contributed by atoms with Crippen LogP contribution < -0.4 is 0 Å². The average Bonchev–Trinajstić information content (AvgIpc) is 2.37. The summed E-state index contributed by atoms with van der Waals surface area (Å²) < 4.78 is 4.95. The zero-order chi connectivity index (χ0) is 13.5. The van der Waals surface area contributed by atoms with Crippen LogP contribution in [0.4, 0.5) is 0 Å². The van der Waals surface area contributed by atoms with Crippen molar-refractivity contribution in [3.05, 3.63) is 35.4 Å². The van der Waals surface area contributed by atoms with Crippen molar-refractivity contribution in [3.8, 4) is 0 Å². The second-order valence-corrected chi connectivity index (χ2v) is 4.11. The van der Waals surface area contributed by atoms with E-state index in [1.807, 2.05) is 0 Å². The summed E-state index contributed by atoms with van der Waals surface area (Å²) in [4.78, 5) is 13.0. The maximum absolute atomic E-state index is 11.3. The van der Waals surface area contributed by atoms with Gasteiger partial charge >= 0.3 is 5.97 Å². The molecule has 0 heterocycles. The van der Waals surface area contributed by atoms with Gasteiger partial charge in [-0.15, -0.1) is 0 Å². The lowest BCUT2D eigenvalue weighted by Crippen LogP contribution is -2.33. The minimum atomic E-state index is -0.898. The lowest BCUT2D eigenvalue weighted by atomic mass is 10.0. The van der Waals surface area contributed by atoms with Crippen molar-refractivity contribution in [2.45, 2.75) is 12.6 Å². The molecule has 5 heteroatoms. The number of carboxylic acid groups (broad SMARTS) is 1. The molecule has 0 saturated carbocycles. The van der Waals surface area contributed by atoms with Crippen molar-refractivity contribution in [2.75, 3.05) is 27.3 Å². The van der Waals surface area contributed by atoms with Gasteiger partial charge in [-0.25, -0.2) is 0 Å². The Hall–Kier alpha value is -1.43. The lowest BCUT2D eigenvalue weighted by Gasteiger charge is -2.24. The monoisotopic (exact) mass is 253 g/mol. The van der Waals surface area contributed by atoms with E-state index in [1.165, 1.54) is 0 Å². The van der Waals surface area contributed by atoms with E-state index >= 15 is 0 Å². The fourth-order valence-electron chi connectivity index (χ4n) is 1.76. The number of ether oxygens (including phenoxy) is 1. The smallest absolute Gasteiger partial charge is 0.325 e. The summed E-state index contributed by atoms with van der Waals surface area (Å²) in [5.41, 5.74) is 1.46. The molecule has 1 atom stereocenters. The normalized spacial score (nSPS) is 12.7. The minimum absolute atomic E-state index is 0.0441. The first kappa shape index (κ1) is 14.6. The van der Waals surface area contributed by atoms with E-state index in [1.54, 1.807) is 43.3 Å². The zero-order valence-corrected chi connectivity index (χ0v) is 10.7. The summed E-state index contributed by atoms with van der Waals surface area (Å²) in [6.07, 6.45) is 0. The van der Waals surface area contributed by atoms with E-state index in [4.69, 9.17) is 9.84 Å². The highest BCUT2D eigenvalue weighted by atomic mass is 16.5. The van der Waals surface area contributed by atoms with Gasteiger partial charge in [-0.1, -0.05) is 24.3 Å². The first-order valence-corrected chi connectivity index (χ1v) is 5.71. The molecule has 1 rings (SSSR count). The molecule has 0 fully saturated rings. The van der Waals surface area contributed by atoms with Gasteiger partial charge in [0, 0.05) is 13.7 Å². The van der Waals surface area contributed by atoms with Crippen LogP contribution >= 0.6 is 0 Å². The van der Waals surface area contributed by atoms with Gasteiger partial charge in [-0.3, -0.25) is 9.69 Å². The third kappa shape index (κ3) is 3.80. The molecule has 1 aromatic rings. The van der Waals surface area contributed by atoms with Gasteiger partial charge in [0.2, 0.25) is 0 Å². The highest BCUT2D eigenvalue weighted by Gasteiger charge is 2.24. The predicted octanol–water partition coefficient (Wildman–Crippen LogP) is 0.883. The maximum Gasteiger partial charge on any atom is 0.325 e. The molecule has 0 aliphatic rings. The van der Waals surface area contributed by atoms with Crippen LogP contribution in [0.15, 0.2) is 24.3 Å². The van der Waals surface area contributed by atoms with Gasteiger partial charge in [0.1, 0.15) is 6.04 Å². The van der Waals surface area contributed by atoms with E-state index in [-0.39, 0.29) is 6.61 Å². The zero-order valence-electron chi connectivity index (χ0n) is 10.7. The summed E-state index contributed by atoms with van der Waals surface area (Å²) in [5, 5.41) is 18.2. The van der Waals surface area contributed by atoms with Crippen LogP contribution in [0.2, 0.25) is 0 Å². The largest absolute Gasteiger partial charge is 0.480 e. The Labute approximate surface area is 107 Å². The Morgan fingerprint density at radius 1 is 1.39 bits per heavy atom. The quantitative estimate of drug-likeness (QED) is 0.755. The number of methoxy groups -OCH3 is 1. The fraction of sp³-hybridized carbons (Fsp3) is 0.462. The molecule has 0 bridgehead atoms. The second-order valence-electron chi connectivity index (χ2n) is 4.11. The summed E-state index contributed by atoms with van der Waals surface area (Å²) in [5.74, 6) is -0.898. The molecule has 1 aromatic carbocycles. The van der Waals surface area contributed by atoms with Crippen LogP contribution in [0.1, 0.15) is 17.2 Å². The van der Waals surface area contributed by atoms with Crippen molar-refractivity contribution in [1.29, 1.82) is 0 Å². The number of likely N-dealkylation sites (N-methyl/N-ethyl adjacent to an activating group) is 1. The molecule has 0 saturated heterocycles. The number of carboxylic acids is 1. The van der Waals surface area contributed by atoms with Crippen molar-refractivity contribution in [3.63, 3.8) is 0 Å². The second kappa shape index (κ2) is 7.10. The van der Waals surface area contributed by atoms with E-state index in [0.29, 0.717) is 18.7 Å². The molecule has 100 valence electrons. The molecule has 18 heavy (non-hydrogen) atoms. The van der Waals surface area contributed by atoms with E-state index < -0.39 is 12.0 Å². The standard InChI is InChI=1S/C13H19NO4/c1-14(7-8-18-2)12(13(16)17)11-5-3-10(9-15)4-6-11/h3-6,12,15H,7-9H2,1-2H3,(H,16,17)/t12-/m0/s1. The van der Waals surface area contributed by atoms with E-state index in [9.17, 15) is 9.90 Å². The van der Waals surface area contributed by atoms with Crippen LogP contribution in [0.25, 0.3) is 0 Å². The Bertz CT molecular complexity index is 377. The molecule has 0 radical (unpaired) electrons. The van der Waals surface area contributed by atoms with Gasteiger partial charge in [0.25, 0.3) is 0 Å². The van der Waals surface area contributed by atoms with Crippen LogP contribution in [0, 0.1) is 0 Å². The Balaban J connectivity index is 2.86. The van der Waals surface area contributed by atoms with Crippen molar-refractivity contribution in [2.24, 2.45) is 0 Å².